The summed E-state index contributed by atoms with van der Waals surface area (Å²) in [7, 11) is 1.29. The molecule has 1 heterocycles. The lowest BCUT2D eigenvalue weighted by Gasteiger charge is -2.00. The molecule has 0 aliphatic heterocycles. The number of carbonyl (C=O) groups excluding carboxylic acids is 1. The lowest BCUT2D eigenvalue weighted by molar-refractivity contribution is 0.0594. The van der Waals surface area contributed by atoms with Crippen molar-refractivity contribution in [3.63, 3.8) is 0 Å². The first kappa shape index (κ1) is 10.1. The summed E-state index contributed by atoms with van der Waals surface area (Å²) >= 11 is 5.90. The lowest BCUT2D eigenvalue weighted by Crippen LogP contribution is -2.02. The third-order valence-corrected chi connectivity index (χ3v) is 2.07. The number of carbonyl (C=O) groups is 1. The van der Waals surface area contributed by atoms with Gasteiger partial charge in [-0.15, -0.1) is 0 Å². The molecular formula is C8H11ClN2O2. The van der Waals surface area contributed by atoms with Gasteiger partial charge in [-0.1, -0.05) is 25.4 Å². The van der Waals surface area contributed by atoms with Gasteiger partial charge in [0.15, 0.2) is 5.69 Å². The number of ether oxygens (including phenoxy) is 1. The number of hydrogen-bond donors (Lipinski definition) is 1. The topological polar surface area (TPSA) is 55.0 Å². The van der Waals surface area contributed by atoms with Crippen molar-refractivity contribution in [3.8, 4) is 0 Å². The molecule has 0 fully saturated rings. The highest BCUT2D eigenvalue weighted by molar-refractivity contribution is 6.34. The van der Waals surface area contributed by atoms with Gasteiger partial charge in [0.1, 0.15) is 0 Å². The van der Waals surface area contributed by atoms with Gasteiger partial charge in [-0.05, 0) is 5.92 Å². The summed E-state index contributed by atoms with van der Waals surface area (Å²) in [6.07, 6.45) is 0. The molecule has 0 spiro atoms. The van der Waals surface area contributed by atoms with Crippen molar-refractivity contribution in [2.24, 2.45) is 0 Å². The van der Waals surface area contributed by atoms with Gasteiger partial charge >= 0.3 is 5.97 Å². The number of nitrogens with zero attached hydrogens (tertiary/aromatic N) is 1. The van der Waals surface area contributed by atoms with Crippen molar-refractivity contribution in [3.05, 3.63) is 16.4 Å². The van der Waals surface area contributed by atoms with Gasteiger partial charge in [-0.25, -0.2) is 4.79 Å². The van der Waals surface area contributed by atoms with Crippen LogP contribution in [0, 0.1) is 0 Å². The minimum Gasteiger partial charge on any atom is -0.464 e. The number of rotatable bonds is 2. The molecule has 0 aliphatic rings. The minimum absolute atomic E-state index is 0.146. The second-order valence-electron chi connectivity index (χ2n) is 2.95. The monoisotopic (exact) mass is 202 g/mol. The molecule has 1 N–H and O–H groups in total. The lowest BCUT2D eigenvalue weighted by atomic mass is 10.1. The van der Waals surface area contributed by atoms with Gasteiger partial charge in [-0.3, -0.25) is 5.10 Å². The maximum Gasteiger partial charge on any atom is 0.360 e. The zero-order valence-electron chi connectivity index (χ0n) is 7.72. The maximum absolute atomic E-state index is 11.1. The summed E-state index contributed by atoms with van der Waals surface area (Å²) in [5, 5.41) is 6.83. The first-order valence-corrected chi connectivity index (χ1v) is 4.27. The zero-order valence-corrected chi connectivity index (χ0v) is 8.47. The van der Waals surface area contributed by atoms with Crippen LogP contribution in [0.1, 0.15) is 35.9 Å². The van der Waals surface area contributed by atoms with Gasteiger partial charge in [0.2, 0.25) is 0 Å². The van der Waals surface area contributed by atoms with Crippen LogP contribution < -0.4 is 0 Å². The molecule has 0 amide bonds. The average Bonchev–Trinajstić information content (AvgIpc) is 2.46. The van der Waals surface area contributed by atoms with Crippen molar-refractivity contribution in [2.45, 2.75) is 19.8 Å². The van der Waals surface area contributed by atoms with Gasteiger partial charge in [0, 0.05) is 0 Å². The quantitative estimate of drug-likeness (QED) is 0.746. The Morgan fingerprint density at radius 2 is 2.23 bits per heavy atom. The highest BCUT2D eigenvalue weighted by Gasteiger charge is 2.19. The highest BCUT2D eigenvalue weighted by Crippen LogP contribution is 2.25. The summed E-state index contributed by atoms with van der Waals surface area (Å²) in [5.74, 6) is -0.313. The van der Waals surface area contributed by atoms with Gasteiger partial charge < -0.3 is 4.74 Å². The van der Waals surface area contributed by atoms with Crippen LogP contribution in [0.25, 0.3) is 0 Å². The minimum atomic E-state index is -0.520. The molecule has 1 rings (SSSR count). The Labute approximate surface area is 81.2 Å². The van der Waals surface area contributed by atoms with Crippen LogP contribution in [0.2, 0.25) is 5.02 Å². The second kappa shape index (κ2) is 3.79. The molecule has 72 valence electrons. The van der Waals surface area contributed by atoms with Crippen molar-refractivity contribution < 1.29 is 9.53 Å². The first-order valence-electron chi connectivity index (χ1n) is 3.90. The number of methoxy groups -OCH3 is 1. The van der Waals surface area contributed by atoms with Crippen LogP contribution in [0.15, 0.2) is 0 Å². The number of aromatic amines is 1. The molecule has 0 radical (unpaired) electrons. The van der Waals surface area contributed by atoms with E-state index in [4.69, 9.17) is 11.6 Å². The third-order valence-electron chi connectivity index (χ3n) is 1.69. The fourth-order valence-corrected chi connectivity index (χ4v) is 1.34. The Kier molecular flexibility index (Phi) is 2.93. The Morgan fingerprint density at radius 1 is 1.62 bits per heavy atom. The van der Waals surface area contributed by atoms with E-state index in [2.05, 4.69) is 14.9 Å². The van der Waals surface area contributed by atoms with Crippen LogP contribution in [-0.2, 0) is 4.74 Å². The van der Waals surface area contributed by atoms with Crippen LogP contribution in [-0.4, -0.2) is 23.3 Å². The molecule has 0 saturated heterocycles. The smallest absolute Gasteiger partial charge is 0.360 e. The number of nitrogens with one attached hydrogen (secondary N) is 1. The van der Waals surface area contributed by atoms with Crippen molar-refractivity contribution in [1.82, 2.24) is 10.2 Å². The van der Waals surface area contributed by atoms with Crippen LogP contribution in [0.5, 0.6) is 0 Å². The highest BCUT2D eigenvalue weighted by atomic mass is 35.5. The van der Waals surface area contributed by atoms with Crippen molar-refractivity contribution in [2.75, 3.05) is 7.11 Å². The standard InChI is InChI=1S/C8H11ClN2O2/c1-4(2)6-5(9)7(11-10-6)8(12)13-3/h4H,1-3H3,(H,10,11). The fraction of sp³-hybridized carbons (Fsp3) is 0.500. The molecule has 0 saturated carbocycles. The molecule has 0 unspecified atom stereocenters. The van der Waals surface area contributed by atoms with Gasteiger partial charge in [-0.2, -0.15) is 5.10 Å². The Morgan fingerprint density at radius 3 is 2.62 bits per heavy atom. The Bertz CT molecular complexity index is 320. The van der Waals surface area contributed by atoms with Gasteiger partial charge in [0.05, 0.1) is 17.8 Å². The Hall–Kier alpha value is -1.03. The Balaban J connectivity index is 3.06. The van der Waals surface area contributed by atoms with E-state index in [-0.39, 0.29) is 11.6 Å². The number of aromatic nitrogens is 2. The average molecular weight is 203 g/mol. The maximum atomic E-state index is 11.1. The van der Waals surface area contributed by atoms with Crippen molar-refractivity contribution in [1.29, 1.82) is 0 Å². The molecule has 4 nitrogen and oxygen atoms in total. The first-order chi connectivity index (χ1) is 6.07. The molecule has 5 heteroatoms. The van der Waals surface area contributed by atoms with E-state index in [0.29, 0.717) is 5.02 Å². The summed E-state index contributed by atoms with van der Waals surface area (Å²) in [6, 6.07) is 0. The molecule has 0 atom stereocenters. The summed E-state index contributed by atoms with van der Waals surface area (Å²) in [4.78, 5) is 11.1. The number of H-pyrrole nitrogens is 1. The molecule has 0 aromatic carbocycles. The summed E-state index contributed by atoms with van der Waals surface area (Å²) in [5.41, 5.74) is 0.898. The van der Waals surface area contributed by atoms with Crippen molar-refractivity contribution >= 4 is 17.6 Å². The van der Waals surface area contributed by atoms with E-state index in [9.17, 15) is 4.79 Å². The molecular weight excluding hydrogens is 192 g/mol. The normalized spacial score (nSPS) is 10.5. The SMILES string of the molecule is COC(=O)c1n[nH]c(C(C)C)c1Cl. The van der Waals surface area contributed by atoms with Crippen LogP contribution >= 0.6 is 11.6 Å². The largest absolute Gasteiger partial charge is 0.464 e. The zero-order chi connectivity index (χ0) is 10.0. The number of halogens is 1. The third kappa shape index (κ3) is 1.83. The van der Waals surface area contributed by atoms with E-state index in [1.165, 1.54) is 7.11 Å². The number of hydrogen-bond acceptors (Lipinski definition) is 3. The van der Waals surface area contributed by atoms with Gasteiger partial charge in [0.25, 0.3) is 0 Å². The molecule has 1 aromatic rings. The van der Waals surface area contributed by atoms with E-state index >= 15 is 0 Å². The predicted octanol–water partition coefficient (Wildman–Crippen LogP) is 1.97. The summed E-state index contributed by atoms with van der Waals surface area (Å²) < 4.78 is 4.50. The molecule has 1 aromatic heterocycles. The second-order valence-corrected chi connectivity index (χ2v) is 3.32. The fourth-order valence-electron chi connectivity index (χ4n) is 0.956. The molecule has 0 bridgehead atoms. The van der Waals surface area contributed by atoms with E-state index in [1.807, 2.05) is 13.8 Å². The van der Waals surface area contributed by atoms with Crippen LogP contribution in [0.3, 0.4) is 0 Å². The van der Waals surface area contributed by atoms with Crippen LogP contribution in [0.4, 0.5) is 0 Å². The summed E-state index contributed by atoms with van der Waals surface area (Å²) in [6.45, 7) is 3.92. The molecule has 0 aliphatic carbocycles. The van der Waals surface area contributed by atoms with E-state index < -0.39 is 5.97 Å². The predicted molar refractivity (Wildman–Crippen MR) is 49.0 cm³/mol. The van der Waals surface area contributed by atoms with E-state index in [0.717, 1.165) is 5.69 Å². The number of esters is 1. The molecule has 13 heavy (non-hydrogen) atoms. The van der Waals surface area contributed by atoms with E-state index in [1.54, 1.807) is 0 Å².